The molecule has 0 saturated carbocycles. The van der Waals surface area contributed by atoms with E-state index in [1.54, 1.807) is 43.3 Å². The smallest absolute Gasteiger partial charge is 0.325 e. The van der Waals surface area contributed by atoms with Gasteiger partial charge < -0.3 is 10.1 Å². The lowest BCUT2D eigenvalue weighted by Gasteiger charge is -2.22. The zero-order valence-corrected chi connectivity index (χ0v) is 15.0. The van der Waals surface area contributed by atoms with Crippen molar-refractivity contribution in [2.24, 2.45) is 0 Å². The zero-order valence-electron chi connectivity index (χ0n) is 14.3. The number of hydrogen-bond acceptors (Lipinski definition) is 4. The van der Waals surface area contributed by atoms with Crippen molar-refractivity contribution in [2.45, 2.75) is 12.5 Å². The van der Waals surface area contributed by atoms with Crippen molar-refractivity contribution in [2.75, 3.05) is 13.7 Å². The quantitative estimate of drug-likeness (QED) is 0.646. The second-order valence-corrected chi connectivity index (χ2v) is 6.49. The molecule has 1 heterocycles. The standard InChI is InChI=1S/C19H17ClN2O4/c1-19(13-6-4-3-5-7-13)17(24)22(18(25)21-19)11-15(23)12-8-9-16(26-2)14(20)10-12/h3-10H,11H2,1-2H3,(H,21,25)/t19-/m1/s1. The molecule has 0 radical (unpaired) electrons. The molecule has 7 heteroatoms. The van der Waals surface area contributed by atoms with Crippen LogP contribution in [-0.2, 0) is 10.3 Å². The van der Waals surface area contributed by atoms with Gasteiger partial charge in [0.1, 0.15) is 11.3 Å². The van der Waals surface area contributed by atoms with Gasteiger partial charge in [-0.3, -0.25) is 14.5 Å². The van der Waals surface area contributed by atoms with Gasteiger partial charge in [0, 0.05) is 5.56 Å². The number of benzene rings is 2. The van der Waals surface area contributed by atoms with Crippen LogP contribution in [-0.4, -0.2) is 36.3 Å². The average molecular weight is 373 g/mol. The molecule has 1 N–H and O–H groups in total. The number of ketones is 1. The van der Waals surface area contributed by atoms with E-state index < -0.39 is 23.3 Å². The highest BCUT2D eigenvalue weighted by atomic mass is 35.5. The molecule has 1 atom stereocenters. The molecule has 26 heavy (non-hydrogen) atoms. The molecule has 2 aromatic carbocycles. The number of rotatable bonds is 5. The number of ether oxygens (including phenoxy) is 1. The average Bonchev–Trinajstić information content (AvgIpc) is 2.86. The number of nitrogens with one attached hydrogen (secondary N) is 1. The van der Waals surface area contributed by atoms with Crippen molar-refractivity contribution in [1.29, 1.82) is 0 Å². The van der Waals surface area contributed by atoms with Crippen LogP contribution in [0.25, 0.3) is 0 Å². The number of methoxy groups -OCH3 is 1. The van der Waals surface area contributed by atoms with E-state index in [1.807, 2.05) is 6.07 Å². The van der Waals surface area contributed by atoms with Gasteiger partial charge in [0.05, 0.1) is 18.7 Å². The summed E-state index contributed by atoms with van der Waals surface area (Å²) in [4.78, 5) is 38.6. The first-order chi connectivity index (χ1) is 12.4. The predicted octanol–water partition coefficient (Wildman–Crippen LogP) is 3.00. The maximum Gasteiger partial charge on any atom is 0.325 e. The number of carbonyl (C=O) groups is 3. The van der Waals surface area contributed by atoms with Gasteiger partial charge in [-0.05, 0) is 30.7 Å². The Hall–Kier alpha value is -2.86. The van der Waals surface area contributed by atoms with Gasteiger partial charge in [-0.1, -0.05) is 41.9 Å². The number of imide groups is 1. The highest BCUT2D eigenvalue weighted by molar-refractivity contribution is 6.32. The van der Waals surface area contributed by atoms with E-state index in [4.69, 9.17) is 16.3 Å². The van der Waals surface area contributed by atoms with E-state index in [0.29, 0.717) is 16.9 Å². The minimum atomic E-state index is -1.20. The third kappa shape index (κ3) is 3.04. The molecule has 3 amide bonds. The lowest BCUT2D eigenvalue weighted by molar-refractivity contribution is -0.130. The molecule has 1 aliphatic rings. The summed E-state index contributed by atoms with van der Waals surface area (Å²) in [7, 11) is 1.47. The van der Waals surface area contributed by atoms with Crippen LogP contribution < -0.4 is 10.1 Å². The van der Waals surface area contributed by atoms with Crippen molar-refractivity contribution < 1.29 is 19.1 Å². The SMILES string of the molecule is COc1ccc(C(=O)CN2C(=O)N[C@](C)(c3ccccc3)C2=O)cc1Cl. The molecule has 0 bridgehead atoms. The monoisotopic (exact) mass is 372 g/mol. The fourth-order valence-electron chi connectivity index (χ4n) is 2.88. The van der Waals surface area contributed by atoms with E-state index in [-0.39, 0.29) is 11.6 Å². The predicted molar refractivity (Wildman–Crippen MR) is 96.4 cm³/mol. The van der Waals surface area contributed by atoms with Crippen LogP contribution >= 0.6 is 11.6 Å². The van der Waals surface area contributed by atoms with E-state index in [9.17, 15) is 14.4 Å². The molecule has 0 spiro atoms. The zero-order chi connectivity index (χ0) is 18.9. The summed E-state index contributed by atoms with van der Waals surface area (Å²) in [6.07, 6.45) is 0. The van der Waals surface area contributed by atoms with Crippen molar-refractivity contribution in [1.82, 2.24) is 10.2 Å². The highest BCUT2D eigenvalue weighted by Gasteiger charge is 2.49. The number of hydrogen-bond donors (Lipinski definition) is 1. The molecule has 3 rings (SSSR count). The molecular weight excluding hydrogens is 356 g/mol. The highest BCUT2D eigenvalue weighted by Crippen LogP contribution is 2.29. The molecule has 0 unspecified atom stereocenters. The molecular formula is C19H17ClN2O4. The Morgan fingerprint density at radius 3 is 2.50 bits per heavy atom. The Kier molecular flexibility index (Phi) is 4.70. The van der Waals surface area contributed by atoms with Crippen molar-refractivity contribution >= 4 is 29.3 Å². The van der Waals surface area contributed by atoms with Crippen LogP contribution in [0.3, 0.4) is 0 Å². The summed E-state index contributed by atoms with van der Waals surface area (Å²) in [6, 6.07) is 12.9. The van der Waals surface area contributed by atoms with Crippen molar-refractivity contribution in [3.8, 4) is 5.75 Å². The van der Waals surface area contributed by atoms with Crippen LogP contribution in [0.2, 0.25) is 5.02 Å². The van der Waals surface area contributed by atoms with Crippen LogP contribution in [0, 0.1) is 0 Å². The van der Waals surface area contributed by atoms with Crippen molar-refractivity contribution in [3.05, 3.63) is 64.7 Å². The first kappa shape index (κ1) is 17.9. The van der Waals surface area contributed by atoms with Crippen LogP contribution in [0.5, 0.6) is 5.75 Å². The summed E-state index contributed by atoms with van der Waals surface area (Å²) < 4.78 is 5.05. The Morgan fingerprint density at radius 1 is 1.19 bits per heavy atom. The minimum Gasteiger partial charge on any atom is -0.495 e. The third-order valence-corrected chi connectivity index (χ3v) is 4.70. The molecule has 6 nitrogen and oxygen atoms in total. The summed E-state index contributed by atoms with van der Waals surface area (Å²) >= 11 is 6.04. The van der Waals surface area contributed by atoms with Gasteiger partial charge in [0.2, 0.25) is 0 Å². The maximum absolute atomic E-state index is 12.8. The number of carbonyl (C=O) groups excluding carboxylic acids is 3. The Bertz CT molecular complexity index is 884. The van der Waals surface area contributed by atoms with E-state index in [2.05, 4.69) is 5.32 Å². The molecule has 1 saturated heterocycles. The maximum atomic E-state index is 12.8. The van der Waals surface area contributed by atoms with Gasteiger partial charge in [0.25, 0.3) is 5.91 Å². The van der Waals surface area contributed by atoms with Crippen LogP contribution in [0.4, 0.5) is 4.79 Å². The number of nitrogens with zero attached hydrogens (tertiary/aromatic N) is 1. The second kappa shape index (κ2) is 6.80. The largest absolute Gasteiger partial charge is 0.495 e. The first-order valence-electron chi connectivity index (χ1n) is 7.93. The number of halogens is 1. The Morgan fingerprint density at radius 2 is 1.88 bits per heavy atom. The molecule has 0 aromatic heterocycles. The first-order valence-corrected chi connectivity index (χ1v) is 8.31. The number of amides is 3. The summed E-state index contributed by atoms with van der Waals surface area (Å²) in [5.41, 5.74) is -0.249. The van der Waals surface area contributed by atoms with Gasteiger partial charge in [0.15, 0.2) is 5.78 Å². The molecule has 1 fully saturated rings. The molecule has 2 aromatic rings. The summed E-state index contributed by atoms with van der Waals surface area (Å²) in [5, 5.41) is 2.95. The second-order valence-electron chi connectivity index (χ2n) is 6.08. The molecule has 1 aliphatic heterocycles. The van der Waals surface area contributed by atoms with Gasteiger partial charge in [-0.15, -0.1) is 0 Å². The van der Waals surface area contributed by atoms with E-state index in [1.165, 1.54) is 13.2 Å². The van der Waals surface area contributed by atoms with E-state index >= 15 is 0 Å². The normalized spacial score (nSPS) is 19.4. The van der Waals surface area contributed by atoms with Gasteiger partial charge >= 0.3 is 6.03 Å². The minimum absolute atomic E-state index is 0.282. The molecule has 0 aliphatic carbocycles. The Balaban J connectivity index is 1.82. The topological polar surface area (TPSA) is 75.7 Å². The Labute approximate surface area is 155 Å². The summed E-state index contributed by atoms with van der Waals surface area (Å²) in [5.74, 6) is -0.424. The van der Waals surface area contributed by atoms with Crippen molar-refractivity contribution in [3.63, 3.8) is 0 Å². The number of urea groups is 1. The van der Waals surface area contributed by atoms with Gasteiger partial charge in [-0.2, -0.15) is 0 Å². The molecule has 134 valence electrons. The van der Waals surface area contributed by atoms with Crippen LogP contribution in [0.15, 0.2) is 48.5 Å². The van der Waals surface area contributed by atoms with Crippen LogP contribution in [0.1, 0.15) is 22.8 Å². The van der Waals surface area contributed by atoms with Gasteiger partial charge in [-0.25, -0.2) is 4.79 Å². The third-order valence-electron chi connectivity index (χ3n) is 4.40. The lowest BCUT2D eigenvalue weighted by Crippen LogP contribution is -2.41. The summed E-state index contributed by atoms with van der Waals surface area (Å²) in [6.45, 7) is 1.26. The fraction of sp³-hybridized carbons (Fsp3) is 0.211. The fourth-order valence-corrected chi connectivity index (χ4v) is 3.14. The van der Waals surface area contributed by atoms with E-state index in [0.717, 1.165) is 4.90 Å². The number of Topliss-reactive ketones (excluding diaryl/α,β-unsaturated/α-hetero) is 1. The lowest BCUT2D eigenvalue weighted by atomic mass is 9.92.